The first-order valence-electron chi connectivity index (χ1n) is 8.10. The number of amides is 2. The number of nitrogens with zero attached hydrogens (tertiary/aromatic N) is 2. The van der Waals surface area contributed by atoms with E-state index in [4.69, 9.17) is 11.6 Å². The third-order valence-corrected chi connectivity index (χ3v) is 4.20. The molecule has 0 aliphatic carbocycles. The first-order valence-corrected chi connectivity index (χ1v) is 8.48. The number of nitrogens with one attached hydrogen (secondary N) is 1. The van der Waals surface area contributed by atoms with Gasteiger partial charge in [0.1, 0.15) is 0 Å². The lowest BCUT2D eigenvalue weighted by molar-refractivity contribution is 0.121. The predicted molar refractivity (Wildman–Crippen MR) is 99.6 cm³/mol. The molecule has 1 aromatic heterocycles. The lowest BCUT2D eigenvalue weighted by Gasteiger charge is -2.30. The SMILES string of the molecule is CN(CC(C)(C)CO)C(=O)N[C@H](c1ccncc1)c1ccc(Cl)cc1. The maximum Gasteiger partial charge on any atom is 0.317 e. The quantitative estimate of drug-likeness (QED) is 0.827. The number of benzene rings is 1. The minimum absolute atomic E-state index is 0.00951. The molecule has 2 aromatic rings. The molecule has 2 N–H and O–H groups in total. The molecule has 1 aromatic carbocycles. The van der Waals surface area contributed by atoms with Crippen molar-refractivity contribution in [3.8, 4) is 0 Å². The second kappa shape index (κ2) is 8.32. The summed E-state index contributed by atoms with van der Waals surface area (Å²) in [5.41, 5.74) is 1.50. The van der Waals surface area contributed by atoms with Gasteiger partial charge in [-0.05, 0) is 35.4 Å². The fourth-order valence-corrected chi connectivity index (χ4v) is 2.69. The number of urea groups is 1. The Hall–Kier alpha value is -2.11. The van der Waals surface area contributed by atoms with Gasteiger partial charge in [0.25, 0.3) is 0 Å². The molecule has 0 saturated heterocycles. The Morgan fingerprint density at radius 3 is 2.32 bits per heavy atom. The van der Waals surface area contributed by atoms with E-state index in [-0.39, 0.29) is 24.1 Å². The van der Waals surface area contributed by atoms with Gasteiger partial charge < -0.3 is 15.3 Å². The Balaban J connectivity index is 2.22. The average Bonchev–Trinajstić information content (AvgIpc) is 2.60. The van der Waals surface area contributed by atoms with E-state index in [0.29, 0.717) is 11.6 Å². The molecule has 5 nitrogen and oxygen atoms in total. The van der Waals surface area contributed by atoms with Gasteiger partial charge in [-0.1, -0.05) is 37.6 Å². The van der Waals surface area contributed by atoms with Gasteiger partial charge in [-0.15, -0.1) is 0 Å². The smallest absolute Gasteiger partial charge is 0.317 e. The maximum absolute atomic E-state index is 12.7. The second-order valence-corrected chi connectivity index (χ2v) is 7.33. The molecule has 1 heterocycles. The van der Waals surface area contributed by atoms with E-state index in [1.54, 1.807) is 36.5 Å². The lowest BCUT2D eigenvalue weighted by Crippen LogP contribution is -2.44. The molecule has 134 valence electrons. The van der Waals surface area contributed by atoms with E-state index in [1.807, 2.05) is 38.1 Å². The molecule has 0 bridgehead atoms. The topological polar surface area (TPSA) is 65.5 Å². The van der Waals surface area contributed by atoms with Crippen LogP contribution in [0.15, 0.2) is 48.8 Å². The molecule has 0 radical (unpaired) electrons. The van der Waals surface area contributed by atoms with Crippen LogP contribution in [0.2, 0.25) is 5.02 Å². The van der Waals surface area contributed by atoms with Crippen LogP contribution in [0.1, 0.15) is 31.0 Å². The summed E-state index contributed by atoms with van der Waals surface area (Å²) < 4.78 is 0. The largest absolute Gasteiger partial charge is 0.396 e. The summed E-state index contributed by atoms with van der Waals surface area (Å²) in [5.74, 6) is 0. The number of hydrogen-bond donors (Lipinski definition) is 2. The summed E-state index contributed by atoms with van der Waals surface area (Å²) in [7, 11) is 1.72. The zero-order valence-corrected chi connectivity index (χ0v) is 15.5. The predicted octanol–water partition coefficient (Wildman–Crippen LogP) is 3.48. The molecule has 0 spiro atoms. The van der Waals surface area contributed by atoms with Crippen LogP contribution in [0.3, 0.4) is 0 Å². The van der Waals surface area contributed by atoms with E-state index < -0.39 is 0 Å². The van der Waals surface area contributed by atoms with Crippen molar-refractivity contribution >= 4 is 17.6 Å². The van der Waals surface area contributed by atoms with Crippen molar-refractivity contribution in [2.75, 3.05) is 20.2 Å². The summed E-state index contributed by atoms with van der Waals surface area (Å²) in [5, 5.41) is 13.1. The van der Waals surface area contributed by atoms with Crippen molar-refractivity contribution in [1.29, 1.82) is 0 Å². The molecule has 0 unspecified atom stereocenters. The van der Waals surface area contributed by atoms with Crippen LogP contribution in [0.25, 0.3) is 0 Å². The molecule has 2 rings (SSSR count). The Labute approximate surface area is 153 Å². The highest BCUT2D eigenvalue weighted by Crippen LogP contribution is 2.24. The standard InChI is InChI=1S/C19H24ClN3O2/c1-19(2,13-24)12-23(3)18(25)22-17(15-8-10-21-11-9-15)14-4-6-16(20)7-5-14/h4-11,17,24H,12-13H2,1-3H3,(H,22,25)/t17-/m0/s1. The minimum Gasteiger partial charge on any atom is -0.396 e. The number of carbonyl (C=O) groups excluding carboxylic acids is 1. The van der Waals surface area contributed by atoms with Crippen LogP contribution in [-0.2, 0) is 0 Å². The number of hydrogen-bond acceptors (Lipinski definition) is 3. The van der Waals surface area contributed by atoms with Gasteiger partial charge in [-0.25, -0.2) is 4.79 Å². The Morgan fingerprint density at radius 1 is 1.20 bits per heavy atom. The van der Waals surface area contributed by atoms with E-state index in [2.05, 4.69) is 10.3 Å². The highest BCUT2D eigenvalue weighted by Gasteiger charge is 2.24. The van der Waals surface area contributed by atoms with Crippen LogP contribution in [-0.4, -0.2) is 41.2 Å². The van der Waals surface area contributed by atoms with Crippen LogP contribution in [0.4, 0.5) is 4.79 Å². The van der Waals surface area contributed by atoms with Gasteiger partial charge >= 0.3 is 6.03 Å². The number of rotatable bonds is 6. The van der Waals surface area contributed by atoms with Crippen LogP contribution >= 0.6 is 11.6 Å². The van der Waals surface area contributed by atoms with Crippen LogP contribution in [0.5, 0.6) is 0 Å². The minimum atomic E-state index is -0.363. The van der Waals surface area contributed by atoms with Crippen molar-refractivity contribution in [2.24, 2.45) is 5.41 Å². The van der Waals surface area contributed by atoms with Crippen molar-refractivity contribution in [1.82, 2.24) is 15.2 Å². The van der Waals surface area contributed by atoms with Crippen LogP contribution < -0.4 is 5.32 Å². The number of carbonyl (C=O) groups is 1. The molecule has 0 saturated carbocycles. The van der Waals surface area contributed by atoms with Crippen molar-refractivity contribution in [3.05, 3.63) is 64.9 Å². The van der Waals surface area contributed by atoms with Gasteiger partial charge in [0, 0.05) is 43.0 Å². The van der Waals surface area contributed by atoms with Gasteiger partial charge in [0.2, 0.25) is 0 Å². The van der Waals surface area contributed by atoms with Crippen molar-refractivity contribution in [3.63, 3.8) is 0 Å². The Kier molecular flexibility index (Phi) is 6.39. The third-order valence-electron chi connectivity index (χ3n) is 3.95. The molecular formula is C19H24ClN3O2. The third kappa shape index (κ3) is 5.44. The van der Waals surface area contributed by atoms with Gasteiger partial charge in [-0.2, -0.15) is 0 Å². The number of halogens is 1. The molecule has 2 amide bonds. The fraction of sp³-hybridized carbons (Fsp3) is 0.368. The molecule has 0 aliphatic rings. The van der Waals surface area contributed by atoms with Gasteiger partial charge in [-0.3, -0.25) is 4.98 Å². The normalized spacial score (nSPS) is 12.5. The first-order chi connectivity index (χ1) is 11.8. The highest BCUT2D eigenvalue weighted by molar-refractivity contribution is 6.30. The molecule has 0 fully saturated rings. The average molecular weight is 362 g/mol. The Bertz CT molecular complexity index is 690. The maximum atomic E-state index is 12.7. The van der Waals surface area contributed by atoms with Gasteiger partial charge in [0.05, 0.1) is 6.04 Å². The lowest BCUT2D eigenvalue weighted by atomic mass is 9.94. The summed E-state index contributed by atoms with van der Waals surface area (Å²) >= 11 is 5.98. The van der Waals surface area contributed by atoms with E-state index >= 15 is 0 Å². The number of aliphatic hydroxyl groups is 1. The zero-order valence-electron chi connectivity index (χ0n) is 14.7. The first kappa shape index (κ1) is 19.2. The fourth-order valence-electron chi connectivity index (χ4n) is 2.57. The summed E-state index contributed by atoms with van der Waals surface area (Å²) in [6.07, 6.45) is 3.39. The number of pyridine rings is 1. The van der Waals surface area contributed by atoms with Crippen molar-refractivity contribution in [2.45, 2.75) is 19.9 Å². The zero-order chi connectivity index (χ0) is 18.4. The molecular weight excluding hydrogens is 338 g/mol. The molecule has 1 atom stereocenters. The molecule has 25 heavy (non-hydrogen) atoms. The van der Waals surface area contributed by atoms with E-state index in [0.717, 1.165) is 11.1 Å². The monoisotopic (exact) mass is 361 g/mol. The summed E-state index contributed by atoms with van der Waals surface area (Å²) in [4.78, 5) is 18.3. The molecule has 0 aliphatic heterocycles. The number of aromatic nitrogens is 1. The van der Waals surface area contributed by atoms with Crippen LogP contribution in [0, 0.1) is 5.41 Å². The van der Waals surface area contributed by atoms with Gasteiger partial charge in [0.15, 0.2) is 0 Å². The van der Waals surface area contributed by atoms with E-state index in [1.165, 1.54) is 0 Å². The second-order valence-electron chi connectivity index (χ2n) is 6.89. The summed E-state index contributed by atoms with van der Waals surface area (Å²) in [6, 6.07) is 10.6. The Morgan fingerprint density at radius 2 is 1.76 bits per heavy atom. The number of aliphatic hydroxyl groups excluding tert-OH is 1. The summed E-state index contributed by atoms with van der Waals surface area (Å²) in [6.45, 7) is 4.28. The van der Waals surface area contributed by atoms with Crippen molar-refractivity contribution < 1.29 is 9.90 Å². The molecule has 6 heteroatoms. The van der Waals surface area contributed by atoms with E-state index in [9.17, 15) is 9.90 Å². The highest BCUT2D eigenvalue weighted by atomic mass is 35.5.